The molecule has 1 aromatic rings. The van der Waals surface area contributed by atoms with E-state index in [1.54, 1.807) is 0 Å². The predicted molar refractivity (Wildman–Crippen MR) is 95.8 cm³/mol. The van der Waals surface area contributed by atoms with Gasteiger partial charge in [-0.15, -0.1) is 0 Å². The molecule has 3 aliphatic heterocycles. The van der Waals surface area contributed by atoms with E-state index in [1.165, 1.54) is 31.7 Å². The maximum Gasteiger partial charge on any atom is 0.231 e. The standard InChI is InChI=1S/C19H28N4O/c1-20(2)22-13-16-11-21(12-17(16)14-22)8-5-9-23-18-7-4-3-6-15(18)10-19(23)24/h3-4,6-7,16-17H,5,8-14H2,1-2H3/t16-,17+. The van der Waals surface area contributed by atoms with Gasteiger partial charge in [-0.1, -0.05) is 18.2 Å². The molecule has 1 aromatic carbocycles. The molecule has 0 unspecified atom stereocenters. The summed E-state index contributed by atoms with van der Waals surface area (Å²) in [5.41, 5.74) is 2.31. The predicted octanol–water partition coefficient (Wildman–Crippen LogP) is 1.31. The second-order valence-corrected chi connectivity index (χ2v) is 7.70. The Hall–Kier alpha value is -1.43. The second kappa shape index (κ2) is 6.47. The van der Waals surface area contributed by atoms with Crippen molar-refractivity contribution in [2.45, 2.75) is 12.8 Å². The molecule has 2 fully saturated rings. The molecule has 0 bridgehead atoms. The van der Waals surface area contributed by atoms with Gasteiger partial charge in [-0.05, 0) is 36.4 Å². The molecule has 0 aliphatic carbocycles. The van der Waals surface area contributed by atoms with Gasteiger partial charge in [-0.25, -0.2) is 10.0 Å². The maximum atomic E-state index is 12.2. The van der Waals surface area contributed by atoms with Crippen LogP contribution in [-0.2, 0) is 11.2 Å². The Bertz CT molecular complexity index is 603. The van der Waals surface area contributed by atoms with E-state index in [4.69, 9.17) is 0 Å². The van der Waals surface area contributed by atoms with Crippen LogP contribution in [0.1, 0.15) is 12.0 Å². The van der Waals surface area contributed by atoms with Gasteiger partial charge >= 0.3 is 0 Å². The van der Waals surface area contributed by atoms with Crippen molar-refractivity contribution in [3.8, 4) is 0 Å². The fraction of sp³-hybridized carbons (Fsp3) is 0.632. The van der Waals surface area contributed by atoms with Gasteiger partial charge in [0.25, 0.3) is 0 Å². The molecule has 3 aliphatic rings. The SMILES string of the molecule is CN(C)N1C[C@H]2CN(CCCN3C(=O)Cc4ccccc43)C[C@H]2C1. The molecule has 3 heterocycles. The lowest BCUT2D eigenvalue weighted by Crippen LogP contribution is -2.38. The molecule has 5 heteroatoms. The highest BCUT2D eigenvalue weighted by atomic mass is 16.2. The molecule has 4 rings (SSSR count). The molecule has 5 nitrogen and oxygen atoms in total. The van der Waals surface area contributed by atoms with Crippen LogP contribution < -0.4 is 4.90 Å². The topological polar surface area (TPSA) is 30.0 Å². The lowest BCUT2D eigenvalue weighted by Gasteiger charge is -2.26. The van der Waals surface area contributed by atoms with E-state index >= 15 is 0 Å². The highest BCUT2D eigenvalue weighted by molar-refractivity contribution is 6.01. The normalized spacial score (nSPS) is 27.3. The summed E-state index contributed by atoms with van der Waals surface area (Å²) in [6.07, 6.45) is 1.64. The summed E-state index contributed by atoms with van der Waals surface area (Å²) < 4.78 is 0. The summed E-state index contributed by atoms with van der Waals surface area (Å²) in [6.45, 7) is 6.81. The minimum atomic E-state index is 0.260. The van der Waals surface area contributed by atoms with Crippen molar-refractivity contribution in [1.82, 2.24) is 14.9 Å². The third-order valence-corrected chi connectivity index (χ3v) is 5.89. The number of hydrazine groups is 1. The fourth-order valence-corrected chi connectivity index (χ4v) is 4.59. The minimum Gasteiger partial charge on any atom is -0.312 e. The third-order valence-electron chi connectivity index (χ3n) is 5.89. The van der Waals surface area contributed by atoms with Crippen molar-refractivity contribution >= 4 is 11.6 Å². The second-order valence-electron chi connectivity index (χ2n) is 7.70. The number of likely N-dealkylation sites (tertiary alicyclic amines) is 1. The zero-order valence-corrected chi connectivity index (χ0v) is 14.8. The van der Waals surface area contributed by atoms with Crippen molar-refractivity contribution in [3.05, 3.63) is 29.8 Å². The average molecular weight is 328 g/mol. The number of nitrogens with zero attached hydrogens (tertiary/aromatic N) is 4. The van der Waals surface area contributed by atoms with Crippen LogP contribution in [-0.4, -0.2) is 74.2 Å². The van der Waals surface area contributed by atoms with Crippen molar-refractivity contribution in [3.63, 3.8) is 0 Å². The fourth-order valence-electron chi connectivity index (χ4n) is 4.59. The summed E-state index contributed by atoms with van der Waals surface area (Å²) in [7, 11) is 4.29. The van der Waals surface area contributed by atoms with Crippen LogP contribution in [0.15, 0.2) is 24.3 Å². The lowest BCUT2D eigenvalue weighted by atomic mass is 10.0. The van der Waals surface area contributed by atoms with E-state index in [9.17, 15) is 4.79 Å². The highest BCUT2D eigenvalue weighted by Crippen LogP contribution is 2.32. The molecule has 2 atom stereocenters. The molecule has 0 spiro atoms. The summed E-state index contributed by atoms with van der Waals surface area (Å²) in [5.74, 6) is 1.90. The Kier molecular flexibility index (Phi) is 4.33. The lowest BCUT2D eigenvalue weighted by molar-refractivity contribution is -0.117. The molecule has 24 heavy (non-hydrogen) atoms. The number of amides is 1. The van der Waals surface area contributed by atoms with E-state index in [1.807, 2.05) is 17.0 Å². The van der Waals surface area contributed by atoms with Gasteiger partial charge in [-0.2, -0.15) is 0 Å². The Morgan fingerprint density at radius 2 is 1.75 bits per heavy atom. The van der Waals surface area contributed by atoms with Crippen molar-refractivity contribution in [2.24, 2.45) is 11.8 Å². The van der Waals surface area contributed by atoms with Crippen LogP contribution in [0.3, 0.4) is 0 Å². The van der Waals surface area contributed by atoms with E-state index in [0.717, 1.165) is 37.0 Å². The zero-order valence-electron chi connectivity index (χ0n) is 14.8. The first-order valence-electron chi connectivity index (χ1n) is 9.14. The van der Waals surface area contributed by atoms with Gasteiger partial charge in [0.2, 0.25) is 5.91 Å². The number of anilines is 1. The number of benzene rings is 1. The van der Waals surface area contributed by atoms with Crippen LogP contribution in [0.2, 0.25) is 0 Å². The van der Waals surface area contributed by atoms with Crippen LogP contribution in [0.4, 0.5) is 5.69 Å². The average Bonchev–Trinajstić information content (AvgIpc) is 3.19. The Morgan fingerprint density at radius 1 is 1.04 bits per heavy atom. The first kappa shape index (κ1) is 16.1. The molecule has 0 N–H and O–H groups in total. The largest absolute Gasteiger partial charge is 0.312 e. The van der Waals surface area contributed by atoms with Crippen molar-refractivity contribution < 1.29 is 4.79 Å². The van der Waals surface area contributed by atoms with Gasteiger partial charge in [-0.3, -0.25) is 4.79 Å². The molecule has 1 amide bonds. The molecule has 0 aromatic heterocycles. The summed E-state index contributed by atoms with van der Waals surface area (Å²) >= 11 is 0. The summed E-state index contributed by atoms with van der Waals surface area (Å²) in [6, 6.07) is 8.21. The number of para-hydroxylation sites is 1. The minimum absolute atomic E-state index is 0.260. The van der Waals surface area contributed by atoms with E-state index in [-0.39, 0.29) is 5.91 Å². The summed E-state index contributed by atoms with van der Waals surface area (Å²) in [5, 5.41) is 4.70. The van der Waals surface area contributed by atoms with Gasteiger partial charge in [0.05, 0.1) is 6.42 Å². The number of fused-ring (bicyclic) bond motifs is 2. The van der Waals surface area contributed by atoms with E-state index in [0.29, 0.717) is 6.42 Å². The zero-order chi connectivity index (χ0) is 16.7. The first-order valence-corrected chi connectivity index (χ1v) is 9.14. The van der Waals surface area contributed by atoms with E-state index in [2.05, 4.69) is 41.1 Å². The number of carbonyl (C=O) groups excluding carboxylic acids is 1. The Balaban J connectivity index is 1.26. The molecule has 0 radical (unpaired) electrons. The van der Waals surface area contributed by atoms with Gasteiger partial charge in [0, 0.05) is 52.5 Å². The number of rotatable bonds is 5. The van der Waals surface area contributed by atoms with Crippen molar-refractivity contribution in [2.75, 3.05) is 58.3 Å². The molecular formula is C19H28N4O. The number of hydrogen-bond donors (Lipinski definition) is 0. The van der Waals surface area contributed by atoms with Crippen molar-refractivity contribution in [1.29, 1.82) is 0 Å². The van der Waals surface area contributed by atoms with Gasteiger partial charge < -0.3 is 9.80 Å². The smallest absolute Gasteiger partial charge is 0.231 e. The van der Waals surface area contributed by atoms with Gasteiger partial charge in [0.1, 0.15) is 0 Å². The van der Waals surface area contributed by atoms with Gasteiger partial charge in [0.15, 0.2) is 0 Å². The quantitative estimate of drug-likeness (QED) is 0.815. The highest BCUT2D eigenvalue weighted by Gasteiger charge is 2.40. The number of carbonyl (C=O) groups is 1. The third kappa shape index (κ3) is 2.96. The van der Waals surface area contributed by atoms with Crippen LogP contribution in [0.25, 0.3) is 0 Å². The number of hydrogen-bond acceptors (Lipinski definition) is 4. The van der Waals surface area contributed by atoms with E-state index < -0.39 is 0 Å². The first-order chi connectivity index (χ1) is 11.6. The Morgan fingerprint density at radius 3 is 2.46 bits per heavy atom. The molecule has 130 valence electrons. The van der Waals surface area contributed by atoms with Crippen LogP contribution in [0, 0.1) is 11.8 Å². The summed E-state index contributed by atoms with van der Waals surface area (Å²) in [4.78, 5) is 16.8. The van der Waals surface area contributed by atoms with Crippen LogP contribution >= 0.6 is 0 Å². The molecule has 0 saturated carbocycles. The maximum absolute atomic E-state index is 12.2. The molecular weight excluding hydrogens is 300 g/mol. The van der Waals surface area contributed by atoms with Crippen LogP contribution in [0.5, 0.6) is 0 Å². The molecule has 2 saturated heterocycles. The Labute approximate surface area is 144 Å². The monoisotopic (exact) mass is 328 g/mol.